The quantitative estimate of drug-likeness (QED) is 0.707. The first-order chi connectivity index (χ1) is 13.9. The van der Waals surface area contributed by atoms with E-state index in [0.29, 0.717) is 43.4 Å². The van der Waals surface area contributed by atoms with Gasteiger partial charge in [0.1, 0.15) is 13.2 Å². The Labute approximate surface area is 167 Å². The van der Waals surface area contributed by atoms with Crippen LogP contribution in [0, 0.1) is 0 Å². The molecular formula is C19H19N3O6S. The molecule has 0 aromatic heterocycles. The lowest BCUT2D eigenvalue weighted by Gasteiger charge is -2.18. The second-order valence-electron chi connectivity index (χ2n) is 6.56. The van der Waals surface area contributed by atoms with Crippen LogP contribution in [-0.2, 0) is 14.8 Å². The summed E-state index contributed by atoms with van der Waals surface area (Å²) in [6.45, 7) is 1.43. The Balaban J connectivity index is 1.42. The van der Waals surface area contributed by atoms with E-state index in [1.165, 1.54) is 24.3 Å². The van der Waals surface area contributed by atoms with Crippen LogP contribution >= 0.6 is 0 Å². The van der Waals surface area contributed by atoms with Crippen molar-refractivity contribution in [2.24, 2.45) is 0 Å². The molecule has 152 valence electrons. The normalized spacial score (nSPS) is 16.0. The standard InChI is InChI=1S/C19H19N3O6S/c23-18-2-1-9-22(18)14-4-6-15(7-5-14)29(25,26)21-20-19(24)13-3-8-16-17(12-13)28-11-10-27-16/h3-8,12,21H,1-2,9-11H2,(H,20,24). The van der Waals surface area contributed by atoms with Crippen molar-refractivity contribution >= 4 is 27.5 Å². The Hall–Kier alpha value is -3.11. The predicted octanol–water partition coefficient (Wildman–Crippen LogP) is 1.21. The zero-order valence-corrected chi connectivity index (χ0v) is 16.2. The van der Waals surface area contributed by atoms with Gasteiger partial charge in [-0.1, -0.05) is 0 Å². The third kappa shape index (κ3) is 4.03. The van der Waals surface area contributed by atoms with E-state index in [1.807, 2.05) is 0 Å². The molecule has 0 atom stereocenters. The molecule has 1 fully saturated rings. The molecule has 2 heterocycles. The highest BCUT2D eigenvalue weighted by Crippen LogP contribution is 2.30. The first kappa shape index (κ1) is 19.2. The molecule has 0 saturated carbocycles. The molecule has 2 N–H and O–H groups in total. The van der Waals surface area contributed by atoms with Gasteiger partial charge in [-0.25, -0.2) is 8.42 Å². The number of anilines is 1. The van der Waals surface area contributed by atoms with E-state index in [2.05, 4.69) is 10.3 Å². The van der Waals surface area contributed by atoms with Gasteiger partial charge in [0.2, 0.25) is 5.91 Å². The number of rotatable bonds is 5. The average molecular weight is 417 g/mol. The zero-order chi connectivity index (χ0) is 20.4. The Morgan fingerprint density at radius 3 is 2.41 bits per heavy atom. The summed E-state index contributed by atoms with van der Waals surface area (Å²) in [6.07, 6.45) is 1.28. The fraction of sp³-hybridized carbons (Fsp3) is 0.263. The SMILES string of the molecule is O=C(NNS(=O)(=O)c1ccc(N2CCCC2=O)cc1)c1ccc2c(c1)OCCO2. The van der Waals surface area contributed by atoms with Crippen molar-refractivity contribution in [2.75, 3.05) is 24.7 Å². The van der Waals surface area contributed by atoms with Crippen LogP contribution in [0.4, 0.5) is 5.69 Å². The molecule has 0 bridgehead atoms. The Morgan fingerprint density at radius 1 is 1.00 bits per heavy atom. The van der Waals surface area contributed by atoms with Crippen LogP contribution in [0.25, 0.3) is 0 Å². The number of benzene rings is 2. The van der Waals surface area contributed by atoms with Gasteiger partial charge in [0.05, 0.1) is 4.90 Å². The van der Waals surface area contributed by atoms with Crippen LogP contribution in [0.5, 0.6) is 11.5 Å². The van der Waals surface area contributed by atoms with E-state index in [9.17, 15) is 18.0 Å². The van der Waals surface area contributed by atoms with Crippen molar-refractivity contribution in [3.63, 3.8) is 0 Å². The molecule has 2 aromatic rings. The van der Waals surface area contributed by atoms with Crippen LogP contribution in [0.1, 0.15) is 23.2 Å². The first-order valence-corrected chi connectivity index (χ1v) is 10.5. The predicted molar refractivity (Wildman–Crippen MR) is 103 cm³/mol. The fourth-order valence-electron chi connectivity index (χ4n) is 3.16. The van der Waals surface area contributed by atoms with Crippen molar-refractivity contribution < 1.29 is 27.5 Å². The van der Waals surface area contributed by atoms with Crippen molar-refractivity contribution in [1.82, 2.24) is 10.3 Å². The maximum absolute atomic E-state index is 12.4. The first-order valence-electron chi connectivity index (χ1n) is 9.06. The molecule has 4 rings (SSSR count). The van der Waals surface area contributed by atoms with Crippen LogP contribution < -0.4 is 24.6 Å². The number of amides is 2. The van der Waals surface area contributed by atoms with Crippen LogP contribution in [0.3, 0.4) is 0 Å². The second-order valence-corrected chi connectivity index (χ2v) is 8.24. The number of ether oxygens (including phenoxy) is 2. The van der Waals surface area contributed by atoms with Gasteiger partial charge in [-0.05, 0) is 48.9 Å². The van der Waals surface area contributed by atoms with Gasteiger partial charge in [0, 0.05) is 24.2 Å². The number of fused-ring (bicyclic) bond motifs is 1. The molecule has 0 radical (unpaired) electrons. The number of hydrogen-bond donors (Lipinski definition) is 2. The summed E-state index contributed by atoms with van der Waals surface area (Å²) in [7, 11) is -3.98. The Bertz CT molecular complexity index is 1050. The summed E-state index contributed by atoms with van der Waals surface area (Å²) >= 11 is 0. The smallest absolute Gasteiger partial charge is 0.266 e. The lowest BCUT2D eigenvalue weighted by atomic mass is 10.2. The minimum atomic E-state index is -3.98. The van der Waals surface area contributed by atoms with E-state index < -0.39 is 15.9 Å². The Kier molecular flexibility index (Phi) is 5.12. The molecule has 29 heavy (non-hydrogen) atoms. The van der Waals surface area contributed by atoms with Gasteiger partial charge in [0.15, 0.2) is 11.5 Å². The van der Waals surface area contributed by atoms with Gasteiger partial charge >= 0.3 is 0 Å². The molecule has 2 aliphatic rings. The largest absolute Gasteiger partial charge is 0.486 e. The third-order valence-electron chi connectivity index (χ3n) is 4.64. The number of hydrogen-bond acceptors (Lipinski definition) is 6. The number of nitrogens with zero attached hydrogens (tertiary/aromatic N) is 1. The van der Waals surface area contributed by atoms with Gasteiger partial charge in [-0.3, -0.25) is 15.0 Å². The maximum Gasteiger partial charge on any atom is 0.266 e. The number of carbonyl (C=O) groups excluding carboxylic acids is 2. The Morgan fingerprint density at radius 2 is 1.72 bits per heavy atom. The highest BCUT2D eigenvalue weighted by Gasteiger charge is 2.23. The van der Waals surface area contributed by atoms with Crippen molar-refractivity contribution in [2.45, 2.75) is 17.7 Å². The third-order valence-corrected chi connectivity index (χ3v) is 5.90. The molecule has 2 aromatic carbocycles. The van der Waals surface area contributed by atoms with E-state index in [0.717, 1.165) is 6.42 Å². The fourth-order valence-corrected chi connectivity index (χ4v) is 3.99. The van der Waals surface area contributed by atoms with Gasteiger partial charge in [-0.15, -0.1) is 4.83 Å². The zero-order valence-electron chi connectivity index (χ0n) is 15.4. The summed E-state index contributed by atoms with van der Waals surface area (Å²) in [4.78, 5) is 27.7. The number of sulfonamides is 1. The van der Waals surface area contributed by atoms with Gasteiger partial charge in [-0.2, -0.15) is 0 Å². The summed E-state index contributed by atoms with van der Waals surface area (Å²) < 4.78 is 35.7. The molecule has 10 heteroatoms. The summed E-state index contributed by atoms with van der Waals surface area (Å²) in [5.41, 5.74) is 3.05. The van der Waals surface area contributed by atoms with Gasteiger partial charge in [0.25, 0.3) is 15.9 Å². The molecule has 2 aliphatic heterocycles. The molecule has 0 aliphatic carbocycles. The summed E-state index contributed by atoms with van der Waals surface area (Å²) in [5.74, 6) is 0.346. The van der Waals surface area contributed by atoms with Crippen molar-refractivity contribution in [1.29, 1.82) is 0 Å². The summed E-state index contributed by atoms with van der Waals surface area (Å²) in [5, 5.41) is 0. The minimum Gasteiger partial charge on any atom is -0.486 e. The van der Waals surface area contributed by atoms with Gasteiger partial charge < -0.3 is 14.4 Å². The molecular weight excluding hydrogens is 398 g/mol. The maximum atomic E-state index is 12.4. The molecule has 1 saturated heterocycles. The minimum absolute atomic E-state index is 0.0189. The van der Waals surface area contributed by atoms with Crippen molar-refractivity contribution in [3.05, 3.63) is 48.0 Å². The van der Waals surface area contributed by atoms with Crippen LogP contribution in [0.15, 0.2) is 47.4 Å². The monoisotopic (exact) mass is 417 g/mol. The topological polar surface area (TPSA) is 114 Å². The van der Waals surface area contributed by atoms with Crippen LogP contribution in [0.2, 0.25) is 0 Å². The summed E-state index contributed by atoms with van der Waals surface area (Å²) in [6, 6.07) is 10.5. The molecule has 0 spiro atoms. The molecule has 9 nitrogen and oxygen atoms in total. The average Bonchev–Trinajstić information content (AvgIpc) is 3.17. The molecule has 2 amide bonds. The highest BCUT2D eigenvalue weighted by molar-refractivity contribution is 7.89. The lowest BCUT2D eigenvalue weighted by Crippen LogP contribution is -2.41. The van der Waals surface area contributed by atoms with Crippen LogP contribution in [-0.4, -0.2) is 40.0 Å². The number of carbonyl (C=O) groups is 2. The van der Waals surface area contributed by atoms with E-state index in [4.69, 9.17) is 9.47 Å². The number of nitrogens with one attached hydrogen (secondary N) is 2. The van der Waals surface area contributed by atoms with E-state index in [1.54, 1.807) is 23.1 Å². The number of hydrazine groups is 1. The van der Waals surface area contributed by atoms with E-state index >= 15 is 0 Å². The lowest BCUT2D eigenvalue weighted by molar-refractivity contribution is -0.117. The highest BCUT2D eigenvalue weighted by atomic mass is 32.2. The second kappa shape index (κ2) is 7.72. The van der Waals surface area contributed by atoms with E-state index in [-0.39, 0.29) is 16.4 Å². The van der Waals surface area contributed by atoms with Crippen molar-refractivity contribution in [3.8, 4) is 11.5 Å². The molecule has 0 unspecified atom stereocenters.